The first-order valence-corrected chi connectivity index (χ1v) is 7.41. The highest BCUT2D eigenvalue weighted by atomic mass is 35.5. The summed E-state index contributed by atoms with van der Waals surface area (Å²) in [6.07, 6.45) is -0.0683. The van der Waals surface area contributed by atoms with E-state index in [1.807, 2.05) is 54.6 Å². The second kappa shape index (κ2) is 6.71. The summed E-state index contributed by atoms with van der Waals surface area (Å²) in [5, 5.41) is 13.1. The molecule has 4 N–H and O–H groups in total. The molecule has 1 aliphatic rings. The molecule has 0 spiro atoms. The van der Waals surface area contributed by atoms with Gasteiger partial charge in [-0.2, -0.15) is 0 Å². The van der Waals surface area contributed by atoms with Crippen LogP contribution in [0.1, 0.15) is 29.7 Å². The predicted octanol–water partition coefficient (Wildman–Crippen LogP) is 2.06. The van der Waals surface area contributed by atoms with Gasteiger partial charge in [0.15, 0.2) is 0 Å². The van der Waals surface area contributed by atoms with E-state index in [0.717, 1.165) is 16.7 Å². The van der Waals surface area contributed by atoms with Crippen molar-refractivity contribution >= 4 is 18.3 Å². The Kier molecular flexibility index (Phi) is 5.09. The SMILES string of the molecule is CC(N)(C(=O)N[C@@H]1c2ccccc2C[C@@H]1O)c1ccccc1.Cl. The van der Waals surface area contributed by atoms with E-state index in [4.69, 9.17) is 5.73 Å². The highest BCUT2D eigenvalue weighted by Crippen LogP contribution is 2.32. The Morgan fingerprint density at radius 3 is 2.48 bits per heavy atom. The van der Waals surface area contributed by atoms with Crippen LogP contribution in [0.15, 0.2) is 54.6 Å². The lowest BCUT2D eigenvalue weighted by atomic mass is 9.91. The molecule has 3 rings (SSSR count). The van der Waals surface area contributed by atoms with Gasteiger partial charge in [-0.1, -0.05) is 54.6 Å². The molecule has 0 radical (unpaired) electrons. The van der Waals surface area contributed by atoms with Gasteiger partial charge in [0.2, 0.25) is 5.91 Å². The molecule has 0 saturated heterocycles. The minimum atomic E-state index is -1.14. The lowest BCUT2D eigenvalue weighted by molar-refractivity contribution is -0.127. The highest BCUT2D eigenvalue weighted by molar-refractivity contribution is 5.87. The van der Waals surface area contributed by atoms with Gasteiger partial charge < -0.3 is 16.2 Å². The number of nitrogens with one attached hydrogen (secondary N) is 1. The van der Waals surface area contributed by atoms with Crippen LogP contribution in [0.2, 0.25) is 0 Å². The van der Waals surface area contributed by atoms with Crippen LogP contribution in [0.25, 0.3) is 0 Å². The fourth-order valence-corrected chi connectivity index (χ4v) is 2.95. The summed E-state index contributed by atoms with van der Waals surface area (Å²) in [7, 11) is 0. The fourth-order valence-electron chi connectivity index (χ4n) is 2.95. The number of rotatable bonds is 3. The molecule has 3 atom stereocenters. The summed E-state index contributed by atoms with van der Waals surface area (Å²) in [6, 6.07) is 16.6. The average molecular weight is 333 g/mol. The molecular formula is C18H21ClN2O2. The number of aliphatic hydroxyl groups excluding tert-OH is 1. The number of carbonyl (C=O) groups excluding carboxylic acids is 1. The average Bonchev–Trinajstić information content (AvgIpc) is 2.84. The third kappa shape index (κ3) is 3.24. The molecule has 1 amide bonds. The Balaban J connectivity index is 0.00000192. The number of aliphatic hydroxyl groups is 1. The largest absolute Gasteiger partial charge is 0.390 e. The van der Waals surface area contributed by atoms with Crippen molar-refractivity contribution in [1.29, 1.82) is 0 Å². The maximum atomic E-state index is 12.6. The van der Waals surface area contributed by atoms with Gasteiger partial charge in [0, 0.05) is 6.42 Å². The standard InChI is InChI=1S/C18H20N2O2.ClH/c1-18(19,13-8-3-2-4-9-13)17(22)20-16-14-10-6-5-7-12(14)11-15(16)21;/h2-10,15-16,21H,11,19H2,1H3,(H,20,22);1H/t15-,16+,18?;/m0./s1. The summed E-state index contributed by atoms with van der Waals surface area (Å²) in [5.74, 6) is -0.292. The lowest BCUT2D eigenvalue weighted by Crippen LogP contribution is -2.51. The Hall–Kier alpha value is -1.88. The van der Waals surface area contributed by atoms with Gasteiger partial charge >= 0.3 is 0 Å². The molecule has 0 fully saturated rings. The van der Waals surface area contributed by atoms with Gasteiger partial charge in [0.1, 0.15) is 5.54 Å². The van der Waals surface area contributed by atoms with Crippen LogP contribution in [0.5, 0.6) is 0 Å². The van der Waals surface area contributed by atoms with Gasteiger partial charge in [0.25, 0.3) is 0 Å². The number of fused-ring (bicyclic) bond motifs is 1. The third-order valence-corrected chi connectivity index (χ3v) is 4.34. The highest BCUT2D eigenvalue weighted by Gasteiger charge is 2.37. The Morgan fingerprint density at radius 2 is 1.78 bits per heavy atom. The van der Waals surface area contributed by atoms with E-state index in [0.29, 0.717) is 6.42 Å². The molecule has 0 bridgehead atoms. The van der Waals surface area contributed by atoms with Crippen LogP contribution >= 0.6 is 12.4 Å². The van der Waals surface area contributed by atoms with Crippen LogP contribution in [0, 0.1) is 0 Å². The van der Waals surface area contributed by atoms with Crippen molar-refractivity contribution in [2.24, 2.45) is 5.73 Å². The van der Waals surface area contributed by atoms with Gasteiger partial charge in [-0.15, -0.1) is 12.4 Å². The van der Waals surface area contributed by atoms with Crippen LogP contribution in [-0.2, 0) is 16.8 Å². The molecule has 4 nitrogen and oxygen atoms in total. The van der Waals surface area contributed by atoms with Crippen LogP contribution in [0.3, 0.4) is 0 Å². The molecule has 2 aromatic carbocycles. The molecule has 23 heavy (non-hydrogen) atoms. The third-order valence-electron chi connectivity index (χ3n) is 4.34. The first kappa shape index (κ1) is 17.5. The normalized spacial score (nSPS) is 21.7. The number of nitrogens with two attached hydrogens (primary N) is 1. The lowest BCUT2D eigenvalue weighted by Gasteiger charge is -2.27. The molecule has 2 aromatic rings. The van der Waals surface area contributed by atoms with Crippen molar-refractivity contribution in [2.75, 3.05) is 0 Å². The van der Waals surface area contributed by atoms with Crippen LogP contribution in [-0.4, -0.2) is 17.1 Å². The molecule has 0 aliphatic heterocycles. The minimum Gasteiger partial charge on any atom is -0.390 e. The van der Waals surface area contributed by atoms with E-state index in [1.165, 1.54) is 0 Å². The number of benzene rings is 2. The molecule has 5 heteroatoms. The van der Waals surface area contributed by atoms with E-state index < -0.39 is 17.7 Å². The Bertz CT molecular complexity index is 688. The first-order valence-electron chi connectivity index (χ1n) is 7.41. The topological polar surface area (TPSA) is 75.4 Å². The van der Waals surface area contributed by atoms with Crippen molar-refractivity contribution in [2.45, 2.75) is 31.0 Å². The maximum absolute atomic E-state index is 12.6. The van der Waals surface area contributed by atoms with Gasteiger partial charge in [-0.3, -0.25) is 4.79 Å². The zero-order valence-corrected chi connectivity index (χ0v) is 13.7. The van der Waals surface area contributed by atoms with Crippen molar-refractivity contribution in [3.05, 3.63) is 71.3 Å². The fraction of sp³-hybridized carbons (Fsp3) is 0.278. The zero-order valence-electron chi connectivity index (χ0n) is 12.9. The van der Waals surface area contributed by atoms with Gasteiger partial charge in [0.05, 0.1) is 12.1 Å². The van der Waals surface area contributed by atoms with Crippen LogP contribution in [0.4, 0.5) is 0 Å². The van der Waals surface area contributed by atoms with Gasteiger partial charge in [-0.05, 0) is 23.6 Å². The molecule has 122 valence electrons. The Morgan fingerprint density at radius 1 is 1.17 bits per heavy atom. The number of amides is 1. The summed E-state index contributed by atoms with van der Waals surface area (Å²) < 4.78 is 0. The summed E-state index contributed by atoms with van der Waals surface area (Å²) in [6.45, 7) is 1.69. The maximum Gasteiger partial charge on any atom is 0.244 e. The number of carbonyl (C=O) groups is 1. The molecule has 0 saturated carbocycles. The number of halogens is 1. The van der Waals surface area contributed by atoms with Crippen molar-refractivity contribution in [3.63, 3.8) is 0 Å². The second-order valence-corrected chi connectivity index (χ2v) is 5.99. The van der Waals surface area contributed by atoms with E-state index in [1.54, 1.807) is 6.92 Å². The van der Waals surface area contributed by atoms with E-state index >= 15 is 0 Å². The van der Waals surface area contributed by atoms with Crippen molar-refractivity contribution in [1.82, 2.24) is 5.32 Å². The quantitative estimate of drug-likeness (QED) is 0.805. The zero-order chi connectivity index (χ0) is 15.7. The van der Waals surface area contributed by atoms with E-state index in [2.05, 4.69) is 5.32 Å². The summed E-state index contributed by atoms with van der Waals surface area (Å²) in [4.78, 5) is 12.6. The summed E-state index contributed by atoms with van der Waals surface area (Å²) >= 11 is 0. The molecule has 1 aliphatic carbocycles. The van der Waals surface area contributed by atoms with Crippen molar-refractivity contribution in [3.8, 4) is 0 Å². The van der Waals surface area contributed by atoms with Crippen molar-refractivity contribution < 1.29 is 9.90 Å². The van der Waals surface area contributed by atoms with Gasteiger partial charge in [-0.25, -0.2) is 0 Å². The Labute approximate surface area is 142 Å². The van der Waals surface area contributed by atoms with E-state index in [-0.39, 0.29) is 18.3 Å². The first-order chi connectivity index (χ1) is 10.5. The summed E-state index contributed by atoms with van der Waals surface area (Å²) in [5.41, 5.74) is 7.87. The number of hydrogen-bond donors (Lipinski definition) is 3. The van der Waals surface area contributed by atoms with E-state index in [9.17, 15) is 9.90 Å². The predicted molar refractivity (Wildman–Crippen MR) is 92.3 cm³/mol. The molecule has 0 aromatic heterocycles. The second-order valence-electron chi connectivity index (χ2n) is 5.99. The molecule has 0 heterocycles. The molecule has 1 unspecified atom stereocenters. The van der Waals surface area contributed by atoms with Crippen LogP contribution < -0.4 is 11.1 Å². The monoisotopic (exact) mass is 332 g/mol. The molecular weight excluding hydrogens is 312 g/mol. The minimum absolute atomic E-state index is 0. The number of hydrogen-bond acceptors (Lipinski definition) is 3. The smallest absolute Gasteiger partial charge is 0.244 e.